The Morgan fingerprint density at radius 1 is 1.40 bits per heavy atom. The zero-order valence-electron chi connectivity index (χ0n) is 8.33. The number of benzene rings is 1. The first kappa shape index (κ1) is 14.5. The van der Waals surface area contributed by atoms with Crippen molar-refractivity contribution in [2.24, 2.45) is 0 Å². The lowest BCUT2D eigenvalue weighted by molar-refractivity contribution is -0.140. The van der Waals surface area contributed by atoms with Crippen molar-refractivity contribution in [3.05, 3.63) is 27.8 Å². The van der Waals surface area contributed by atoms with Gasteiger partial charge in [-0.1, -0.05) is 0 Å². The van der Waals surface area contributed by atoms with Gasteiger partial charge in [0, 0.05) is 9.26 Å². The van der Waals surface area contributed by atoms with E-state index in [2.05, 4.69) is 27.9 Å². The average molecular weight is 342 g/mol. The molecule has 0 saturated heterocycles. The number of hydrogen-bond donors (Lipinski definition) is 1. The minimum atomic E-state index is -0.231. The lowest BCUT2D eigenvalue weighted by atomic mass is 10.3. The molecule has 0 unspecified atom stereocenters. The highest BCUT2D eigenvalue weighted by Gasteiger charge is 2.00. The molecule has 0 saturated carbocycles. The number of anilines is 1. The number of nitrogens with one attached hydrogen (secondary N) is 1. The van der Waals surface area contributed by atoms with E-state index in [0.717, 1.165) is 5.69 Å². The molecule has 5 heteroatoms. The largest absolute Gasteiger partial charge is 0.465 e. The van der Waals surface area contributed by atoms with E-state index >= 15 is 0 Å². The topological polar surface area (TPSA) is 38.3 Å². The van der Waals surface area contributed by atoms with Crippen LogP contribution in [-0.2, 0) is 9.53 Å². The van der Waals surface area contributed by atoms with Crippen LogP contribution < -0.4 is 5.32 Å². The quantitative estimate of drug-likeness (QED) is 0.676. The minimum absolute atomic E-state index is 0. The highest BCUT2D eigenvalue weighted by molar-refractivity contribution is 14.1. The molecule has 15 heavy (non-hydrogen) atoms. The molecule has 0 fully saturated rings. The molecule has 0 spiro atoms. The number of hydrogen-bond acceptors (Lipinski definition) is 3. The predicted octanol–water partition coefficient (Wildman–Crippen LogP) is 2.69. The standard InChI is InChI=1S/C10H12INO2.ClH/c1-2-14-10(13)7-12-9-5-3-8(11)4-6-9;/h3-6,12H,2,7H2,1H3;1H. The van der Waals surface area contributed by atoms with Gasteiger partial charge in [0.05, 0.1) is 6.61 Å². The number of esters is 1. The monoisotopic (exact) mass is 341 g/mol. The number of carbonyl (C=O) groups excluding carboxylic acids is 1. The van der Waals surface area contributed by atoms with Gasteiger partial charge in [0.25, 0.3) is 0 Å². The van der Waals surface area contributed by atoms with Gasteiger partial charge in [-0.05, 0) is 53.8 Å². The van der Waals surface area contributed by atoms with Gasteiger partial charge in [-0.15, -0.1) is 12.4 Å². The van der Waals surface area contributed by atoms with Crippen LogP contribution in [-0.4, -0.2) is 19.1 Å². The fraction of sp³-hybridized carbons (Fsp3) is 0.300. The molecule has 1 rings (SSSR count). The van der Waals surface area contributed by atoms with E-state index in [4.69, 9.17) is 4.74 Å². The van der Waals surface area contributed by atoms with Gasteiger partial charge in [0.1, 0.15) is 6.54 Å². The summed E-state index contributed by atoms with van der Waals surface area (Å²) in [5.41, 5.74) is 0.929. The molecule has 0 heterocycles. The summed E-state index contributed by atoms with van der Waals surface area (Å²) in [6, 6.07) is 7.82. The minimum Gasteiger partial charge on any atom is -0.465 e. The molecule has 0 aliphatic rings. The third-order valence-electron chi connectivity index (χ3n) is 1.59. The van der Waals surface area contributed by atoms with E-state index < -0.39 is 0 Å². The maximum Gasteiger partial charge on any atom is 0.325 e. The molecule has 0 aromatic heterocycles. The molecule has 84 valence electrons. The Morgan fingerprint density at radius 2 is 2.00 bits per heavy atom. The summed E-state index contributed by atoms with van der Waals surface area (Å²) in [5, 5.41) is 2.98. The summed E-state index contributed by atoms with van der Waals surface area (Å²) in [6.07, 6.45) is 0. The summed E-state index contributed by atoms with van der Waals surface area (Å²) >= 11 is 2.23. The van der Waals surface area contributed by atoms with Gasteiger partial charge in [-0.3, -0.25) is 4.79 Å². The molecule has 0 aliphatic carbocycles. The van der Waals surface area contributed by atoms with Gasteiger partial charge in [-0.2, -0.15) is 0 Å². The van der Waals surface area contributed by atoms with Gasteiger partial charge in [0.2, 0.25) is 0 Å². The van der Waals surface area contributed by atoms with Crippen LogP contribution in [0.15, 0.2) is 24.3 Å². The first-order valence-electron chi connectivity index (χ1n) is 4.37. The predicted molar refractivity (Wildman–Crippen MR) is 71.5 cm³/mol. The number of ether oxygens (including phenoxy) is 1. The van der Waals surface area contributed by atoms with E-state index in [-0.39, 0.29) is 24.9 Å². The van der Waals surface area contributed by atoms with Gasteiger partial charge < -0.3 is 10.1 Å². The van der Waals surface area contributed by atoms with Crippen molar-refractivity contribution in [3.63, 3.8) is 0 Å². The lowest BCUT2D eigenvalue weighted by Gasteiger charge is -2.05. The van der Waals surface area contributed by atoms with Crippen LogP contribution in [0, 0.1) is 3.57 Å². The van der Waals surface area contributed by atoms with Crippen LogP contribution in [0.3, 0.4) is 0 Å². The van der Waals surface area contributed by atoms with Crippen molar-refractivity contribution in [2.75, 3.05) is 18.5 Å². The van der Waals surface area contributed by atoms with Crippen LogP contribution in [0.1, 0.15) is 6.92 Å². The van der Waals surface area contributed by atoms with Crippen molar-refractivity contribution in [3.8, 4) is 0 Å². The Bertz CT molecular complexity index is 303. The van der Waals surface area contributed by atoms with Crippen LogP contribution in [0.2, 0.25) is 0 Å². The summed E-state index contributed by atoms with van der Waals surface area (Å²) < 4.78 is 5.96. The Hall–Kier alpha value is -0.490. The van der Waals surface area contributed by atoms with E-state index in [0.29, 0.717) is 6.61 Å². The van der Waals surface area contributed by atoms with Crippen molar-refractivity contribution >= 4 is 46.7 Å². The second-order valence-electron chi connectivity index (χ2n) is 2.67. The Balaban J connectivity index is 0.00000196. The number of carbonyl (C=O) groups is 1. The highest BCUT2D eigenvalue weighted by atomic mass is 127. The first-order valence-corrected chi connectivity index (χ1v) is 5.45. The zero-order valence-corrected chi connectivity index (χ0v) is 11.3. The normalized spacial score (nSPS) is 8.93. The molecule has 0 bridgehead atoms. The SMILES string of the molecule is CCOC(=O)CNc1ccc(I)cc1.Cl. The molecule has 1 aromatic carbocycles. The van der Waals surface area contributed by atoms with Gasteiger partial charge >= 0.3 is 5.97 Å². The summed E-state index contributed by atoms with van der Waals surface area (Å²) in [5.74, 6) is -0.231. The number of halogens is 2. The first-order chi connectivity index (χ1) is 6.72. The Kier molecular flexibility index (Phi) is 7.50. The fourth-order valence-electron chi connectivity index (χ4n) is 0.954. The third kappa shape index (κ3) is 5.84. The maximum absolute atomic E-state index is 11.0. The molecule has 1 aromatic rings. The van der Waals surface area contributed by atoms with Crippen molar-refractivity contribution in [1.29, 1.82) is 0 Å². The molecular weight excluding hydrogens is 328 g/mol. The van der Waals surface area contributed by atoms with Crippen LogP contribution in [0.4, 0.5) is 5.69 Å². The highest BCUT2D eigenvalue weighted by Crippen LogP contribution is 2.10. The molecular formula is C10H13ClINO2. The Morgan fingerprint density at radius 3 is 2.53 bits per heavy atom. The van der Waals surface area contributed by atoms with Crippen molar-refractivity contribution in [2.45, 2.75) is 6.92 Å². The molecule has 0 amide bonds. The second kappa shape index (κ2) is 7.76. The summed E-state index contributed by atoms with van der Waals surface area (Å²) in [7, 11) is 0. The van der Waals surface area contributed by atoms with Crippen LogP contribution >= 0.6 is 35.0 Å². The molecule has 0 atom stereocenters. The molecule has 1 N–H and O–H groups in total. The van der Waals surface area contributed by atoms with E-state index in [1.54, 1.807) is 6.92 Å². The Labute approximate surface area is 109 Å². The van der Waals surface area contributed by atoms with E-state index in [1.807, 2.05) is 24.3 Å². The van der Waals surface area contributed by atoms with Crippen LogP contribution in [0.25, 0.3) is 0 Å². The summed E-state index contributed by atoms with van der Waals surface area (Å²) in [6.45, 7) is 2.43. The molecule has 0 radical (unpaired) electrons. The summed E-state index contributed by atoms with van der Waals surface area (Å²) in [4.78, 5) is 11.0. The molecule has 0 aliphatic heterocycles. The third-order valence-corrected chi connectivity index (χ3v) is 2.31. The second-order valence-corrected chi connectivity index (χ2v) is 3.91. The zero-order chi connectivity index (χ0) is 10.4. The number of rotatable bonds is 4. The molecule has 3 nitrogen and oxygen atoms in total. The fourth-order valence-corrected chi connectivity index (χ4v) is 1.31. The maximum atomic E-state index is 11.0. The van der Waals surface area contributed by atoms with Crippen molar-refractivity contribution in [1.82, 2.24) is 0 Å². The van der Waals surface area contributed by atoms with Crippen LogP contribution in [0.5, 0.6) is 0 Å². The lowest BCUT2D eigenvalue weighted by Crippen LogP contribution is -2.16. The smallest absolute Gasteiger partial charge is 0.325 e. The van der Waals surface area contributed by atoms with Gasteiger partial charge in [-0.25, -0.2) is 0 Å². The van der Waals surface area contributed by atoms with Crippen molar-refractivity contribution < 1.29 is 9.53 Å². The van der Waals surface area contributed by atoms with Gasteiger partial charge in [0.15, 0.2) is 0 Å². The average Bonchev–Trinajstić information content (AvgIpc) is 2.17. The van der Waals surface area contributed by atoms with E-state index in [1.165, 1.54) is 3.57 Å². The van der Waals surface area contributed by atoms with E-state index in [9.17, 15) is 4.79 Å².